The molecule has 0 rings (SSSR count). The largest absolute Gasteiger partial charge is 0.356 e. The highest BCUT2D eigenvalue weighted by atomic mass is 16.1. The third-order valence-electron chi connectivity index (χ3n) is 2.20. The van der Waals surface area contributed by atoms with Crippen molar-refractivity contribution in [1.82, 2.24) is 5.32 Å². The van der Waals surface area contributed by atoms with Gasteiger partial charge >= 0.3 is 0 Å². The maximum atomic E-state index is 11.4. The van der Waals surface area contributed by atoms with Crippen LogP contribution in [0.1, 0.15) is 40.0 Å². The van der Waals surface area contributed by atoms with Gasteiger partial charge in [-0.15, -0.1) is 0 Å². The number of rotatable bonds is 6. The fourth-order valence-electron chi connectivity index (χ4n) is 1.25. The first kappa shape index (κ1) is 12.2. The zero-order chi connectivity index (χ0) is 10.1. The molecule has 76 valence electrons. The Hall–Kier alpha value is -0.790. The summed E-state index contributed by atoms with van der Waals surface area (Å²) in [6.45, 7) is 6.86. The first-order valence-electron chi connectivity index (χ1n) is 5.15. The van der Waals surface area contributed by atoms with Gasteiger partial charge in [0.05, 0.1) is 0 Å². The van der Waals surface area contributed by atoms with Crippen molar-refractivity contribution in [2.45, 2.75) is 40.0 Å². The van der Waals surface area contributed by atoms with Crippen molar-refractivity contribution in [3.63, 3.8) is 0 Å². The first-order valence-corrected chi connectivity index (χ1v) is 5.15. The second-order valence-electron chi connectivity index (χ2n) is 3.16. The SMILES string of the molecule is C/C=C/CCNC(=O)C(CC)CC. The molecule has 0 bridgehead atoms. The van der Waals surface area contributed by atoms with Crippen LogP contribution in [0.25, 0.3) is 0 Å². The lowest BCUT2D eigenvalue weighted by molar-refractivity contribution is -0.125. The van der Waals surface area contributed by atoms with E-state index in [0.29, 0.717) is 0 Å². The van der Waals surface area contributed by atoms with Crippen LogP contribution in [0.2, 0.25) is 0 Å². The third-order valence-corrected chi connectivity index (χ3v) is 2.20. The molecule has 0 aliphatic heterocycles. The van der Waals surface area contributed by atoms with E-state index in [4.69, 9.17) is 0 Å². The van der Waals surface area contributed by atoms with Gasteiger partial charge in [-0.05, 0) is 26.2 Å². The van der Waals surface area contributed by atoms with E-state index >= 15 is 0 Å². The Balaban J connectivity index is 3.60. The zero-order valence-corrected chi connectivity index (χ0v) is 8.97. The lowest BCUT2D eigenvalue weighted by Gasteiger charge is -2.11. The minimum absolute atomic E-state index is 0.200. The summed E-state index contributed by atoms with van der Waals surface area (Å²) < 4.78 is 0. The standard InChI is InChI=1S/C11H21NO/c1-4-7-8-9-12-11(13)10(5-2)6-3/h4,7,10H,5-6,8-9H2,1-3H3,(H,12,13)/b7-4+. The molecule has 13 heavy (non-hydrogen) atoms. The number of hydrogen-bond acceptors (Lipinski definition) is 1. The molecule has 0 heterocycles. The van der Waals surface area contributed by atoms with E-state index < -0.39 is 0 Å². The Labute approximate surface area is 81.4 Å². The number of amides is 1. The number of carbonyl (C=O) groups is 1. The molecule has 0 saturated heterocycles. The van der Waals surface area contributed by atoms with Crippen molar-refractivity contribution < 1.29 is 4.79 Å². The Bertz CT molecular complexity index is 159. The Kier molecular flexibility index (Phi) is 7.36. The predicted octanol–water partition coefficient (Wildman–Crippen LogP) is 2.51. The van der Waals surface area contributed by atoms with Crippen LogP contribution in [0.15, 0.2) is 12.2 Å². The second-order valence-corrected chi connectivity index (χ2v) is 3.16. The van der Waals surface area contributed by atoms with Gasteiger partial charge in [-0.25, -0.2) is 0 Å². The van der Waals surface area contributed by atoms with Gasteiger partial charge in [-0.2, -0.15) is 0 Å². The molecule has 0 aromatic rings. The van der Waals surface area contributed by atoms with Crippen molar-refractivity contribution in [2.75, 3.05) is 6.54 Å². The van der Waals surface area contributed by atoms with Crippen LogP contribution in [-0.4, -0.2) is 12.5 Å². The van der Waals surface area contributed by atoms with E-state index in [9.17, 15) is 4.79 Å². The molecule has 0 atom stereocenters. The van der Waals surface area contributed by atoms with Crippen molar-refractivity contribution in [1.29, 1.82) is 0 Å². The number of carbonyl (C=O) groups excluding carboxylic acids is 1. The molecular formula is C11H21NO. The van der Waals surface area contributed by atoms with Gasteiger partial charge in [0.2, 0.25) is 5.91 Å². The molecule has 0 spiro atoms. The van der Waals surface area contributed by atoms with E-state index in [1.54, 1.807) is 0 Å². The minimum Gasteiger partial charge on any atom is -0.356 e. The van der Waals surface area contributed by atoms with E-state index in [1.165, 1.54) is 0 Å². The Morgan fingerprint density at radius 2 is 2.00 bits per heavy atom. The van der Waals surface area contributed by atoms with E-state index in [1.807, 2.05) is 13.0 Å². The Morgan fingerprint density at radius 1 is 1.38 bits per heavy atom. The molecule has 1 amide bonds. The van der Waals surface area contributed by atoms with Crippen molar-refractivity contribution >= 4 is 5.91 Å². The smallest absolute Gasteiger partial charge is 0.223 e. The van der Waals surface area contributed by atoms with E-state index in [-0.39, 0.29) is 11.8 Å². The monoisotopic (exact) mass is 183 g/mol. The molecule has 0 unspecified atom stereocenters. The average Bonchev–Trinajstić information content (AvgIpc) is 2.14. The summed E-state index contributed by atoms with van der Waals surface area (Å²) in [5.41, 5.74) is 0. The van der Waals surface area contributed by atoms with Gasteiger partial charge in [0.25, 0.3) is 0 Å². The van der Waals surface area contributed by atoms with Crippen LogP contribution in [0.4, 0.5) is 0 Å². The maximum absolute atomic E-state index is 11.4. The first-order chi connectivity index (χ1) is 6.26. The quantitative estimate of drug-likeness (QED) is 0.497. The number of hydrogen-bond donors (Lipinski definition) is 1. The van der Waals surface area contributed by atoms with Crippen LogP contribution >= 0.6 is 0 Å². The number of allylic oxidation sites excluding steroid dienone is 1. The Morgan fingerprint density at radius 3 is 2.46 bits per heavy atom. The molecule has 0 aliphatic carbocycles. The molecule has 0 aliphatic rings. The van der Waals surface area contributed by atoms with Crippen LogP contribution in [-0.2, 0) is 4.79 Å². The van der Waals surface area contributed by atoms with E-state index in [0.717, 1.165) is 25.8 Å². The summed E-state index contributed by atoms with van der Waals surface area (Å²) in [7, 11) is 0. The molecule has 0 aromatic carbocycles. The lowest BCUT2D eigenvalue weighted by Crippen LogP contribution is -2.30. The highest BCUT2D eigenvalue weighted by molar-refractivity contribution is 5.78. The van der Waals surface area contributed by atoms with Crippen molar-refractivity contribution in [2.24, 2.45) is 5.92 Å². The normalized spacial score (nSPS) is 11.1. The fourth-order valence-corrected chi connectivity index (χ4v) is 1.25. The maximum Gasteiger partial charge on any atom is 0.223 e. The molecular weight excluding hydrogens is 162 g/mol. The summed E-state index contributed by atoms with van der Waals surface area (Å²) in [5, 5.41) is 2.93. The zero-order valence-electron chi connectivity index (χ0n) is 8.97. The van der Waals surface area contributed by atoms with Gasteiger partial charge in [0.1, 0.15) is 0 Å². The van der Waals surface area contributed by atoms with Gasteiger partial charge in [0.15, 0.2) is 0 Å². The van der Waals surface area contributed by atoms with Crippen molar-refractivity contribution in [3.8, 4) is 0 Å². The lowest BCUT2D eigenvalue weighted by atomic mass is 10.0. The minimum atomic E-state index is 0.200. The summed E-state index contributed by atoms with van der Waals surface area (Å²) >= 11 is 0. The van der Waals surface area contributed by atoms with E-state index in [2.05, 4.69) is 25.2 Å². The van der Waals surface area contributed by atoms with Gasteiger partial charge in [-0.1, -0.05) is 26.0 Å². The highest BCUT2D eigenvalue weighted by Gasteiger charge is 2.12. The summed E-state index contributed by atoms with van der Waals surface area (Å²) in [6, 6.07) is 0. The predicted molar refractivity (Wildman–Crippen MR) is 56.5 cm³/mol. The third kappa shape index (κ3) is 5.45. The molecule has 0 saturated carbocycles. The average molecular weight is 183 g/mol. The summed E-state index contributed by atoms with van der Waals surface area (Å²) in [5.74, 6) is 0.403. The van der Waals surface area contributed by atoms with Crippen LogP contribution in [0, 0.1) is 5.92 Å². The molecule has 1 N–H and O–H groups in total. The second kappa shape index (κ2) is 7.84. The van der Waals surface area contributed by atoms with Gasteiger partial charge in [0, 0.05) is 12.5 Å². The topological polar surface area (TPSA) is 29.1 Å². The molecule has 0 radical (unpaired) electrons. The molecule has 2 heteroatoms. The molecule has 0 fully saturated rings. The molecule has 2 nitrogen and oxygen atoms in total. The summed E-state index contributed by atoms with van der Waals surface area (Å²) in [6.07, 6.45) is 6.87. The fraction of sp³-hybridized carbons (Fsp3) is 0.727. The number of nitrogens with one attached hydrogen (secondary N) is 1. The van der Waals surface area contributed by atoms with Gasteiger partial charge in [-0.3, -0.25) is 4.79 Å². The summed E-state index contributed by atoms with van der Waals surface area (Å²) in [4.78, 5) is 11.4. The molecule has 0 aromatic heterocycles. The van der Waals surface area contributed by atoms with Crippen LogP contribution in [0.5, 0.6) is 0 Å². The van der Waals surface area contributed by atoms with Crippen molar-refractivity contribution in [3.05, 3.63) is 12.2 Å². The van der Waals surface area contributed by atoms with Crippen LogP contribution < -0.4 is 5.32 Å². The van der Waals surface area contributed by atoms with Crippen LogP contribution in [0.3, 0.4) is 0 Å². The van der Waals surface area contributed by atoms with Gasteiger partial charge < -0.3 is 5.32 Å². The highest BCUT2D eigenvalue weighted by Crippen LogP contribution is 2.06.